The molecule has 2 heterocycles. The third-order valence-corrected chi connectivity index (χ3v) is 5.69. The zero-order chi connectivity index (χ0) is 24.3. The van der Waals surface area contributed by atoms with E-state index in [9.17, 15) is 28.3 Å². The van der Waals surface area contributed by atoms with Crippen molar-refractivity contribution in [2.75, 3.05) is 26.2 Å². The largest absolute Gasteiger partial charge is 0.502 e. The number of pyridine rings is 1. The Labute approximate surface area is 188 Å². The number of fused-ring (bicyclic) bond motifs is 1. The van der Waals surface area contributed by atoms with Crippen molar-refractivity contribution in [3.05, 3.63) is 63.1 Å². The van der Waals surface area contributed by atoms with Crippen LogP contribution in [0, 0.1) is 11.6 Å². The monoisotopic (exact) mass is 464 g/mol. The van der Waals surface area contributed by atoms with E-state index in [4.69, 9.17) is 4.74 Å². The lowest BCUT2D eigenvalue weighted by Gasteiger charge is -2.24. The van der Waals surface area contributed by atoms with Crippen LogP contribution in [0.2, 0.25) is 0 Å². The lowest BCUT2D eigenvalue weighted by Crippen LogP contribution is -2.39. The second kappa shape index (κ2) is 9.99. The Bertz CT molecular complexity index is 1120. The van der Waals surface area contributed by atoms with Gasteiger partial charge in [0.1, 0.15) is 17.2 Å². The van der Waals surface area contributed by atoms with Crippen LogP contribution in [0.1, 0.15) is 46.2 Å². The smallest absolute Gasteiger partial charge is 0.276 e. The van der Waals surface area contributed by atoms with Crippen LogP contribution in [0.3, 0.4) is 0 Å². The fourth-order valence-corrected chi connectivity index (χ4v) is 3.59. The maximum Gasteiger partial charge on any atom is 0.276 e. The first-order chi connectivity index (χ1) is 15.6. The van der Waals surface area contributed by atoms with Crippen LogP contribution >= 0.6 is 0 Å². The van der Waals surface area contributed by atoms with Crippen LogP contribution < -0.4 is 16.2 Å². The van der Waals surface area contributed by atoms with Crippen LogP contribution in [0.4, 0.5) is 8.78 Å². The van der Waals surface area contributed by atoms with Gasteiger partial charge in [-0.1, -0.05) is 6.07 Å². The Morgan fingerprint density at radius 2 is 2.03 bits per heavy atom. The van der Waals surface area contributed by atoms with Crippen molar-refractivity contribution in [1.29, 1.82) is 0 Å². The maximum absolute atomic E-state index is 13.9. The number of rotatable bonds is 5. The summed E-state index contributed by atoms with van der Waals surface area (Å²) < 4.78 is 33.3. The lowest BCUT2D eigenvalue weighted by molar-refractivity contribution is 0.0723. The SMILES string of the molecule is COC[C@@H]1CC[C@H](C)N(C)C(=O)c2c(O)c(=O)c(C(=O)NCc3ccc(F)cc3F)cn2N1. The number of ether oxygens (including phenoxy) is 1. The minimum absolute atomic E-state index is 0.0147. The molecule has 33 heavy (non-hydrogen) atoms. The van der Waals surface area contributed by atoms with E-state index in [1.54, 1.807) is 7.05 Å². The molecule has 3 N–H and O–H groups in total. The summed E-state index contributed by atoms with van der Waals surface area (Å²) in [5.41, 5.74) is 1.24. The molecule has 0 spiro atoms. The Balaban J connectivity index is 1.98. The van der Waals surface area contributed by atoms with Gasteiger partial charge in [-0.2, -0.15) is 0 Å². The number of halogens is 2. The first-order valence-corrected chi connectivity index (χ1v) is 10.4. The van der Waals surface area contributed by atoms with Crippen molar-refractivity contribution in [1.82, 2.24) is 14.9 Å². The van der Waals surface area contributed by atoms with Gasteiger partial charge in [-0.25, -0.2) is 8.78 Å². The molecule has 0 fully saturated rings. The number of nitrogens with zero attached hydrogens (tertiary/aromatic N) is 2. The van der Waals surface area contributed by atoms with E-state index in [2.05, 4.69) is 10.7 Å². The molecule has 1 aliphatic rings. The molecule has 0 bridgehead atoms. The highest BCUT2D eigenvalue weighted by molar-refractivity contribution is 5.98. The van der Waals surface area contributed by atoms with E-state index in [1.165, 1.54) is 18.1 Å². The highest BCUT2D eigenvalue weighted by Gasteiger charge is 2.30. The van der Waals surface area contributed by atoms with Crippen molar-refractivity contribution < 1.29 is 28.2 Å². The van der Waals surface area contributed by atoms with E-state index in [1.807, 2.05) is 6.92 Å². The van der Waals surface area contributed by atoms with Crippen molar-refractivity contribution in [3.63, 3.8) is 0 Å². The fraction of sp³-hybridized carbons (Fsp3) is 0.409. The minimum atomic E-state index is -1.04. The number of hydrogen-bond donors (Lipinski definition) is 3. The van der Waals surface area contributed by atoms with E-state index in [-0.39, 0.29) is 36.5 Å². The molecule has 0 saturated heterocycles. The molecule has 2 amide bonds. The molecular formula is C22H26F2N4O5. The number of carbonyl (C=O) groups excluding carboxylic acids is 2. The summed E-state index contributed by atoms with van der Waals surface area (Å²) in [5, 5.41) is 13.0. The highest BCUT2D eigenvalue weighted by Crippen LogP contribution is 2.21. The van der Waals surface area contributed by atoms with Gasteiger partial charge in [-0.3, -0.25) is 19.1 Å². The van der Waals surface area contributed by atoms with Crippen LogP contribution in [0.25, 0.3) is 0 Å². The molecule has 2 aromatic rings. The van der Waals surface area contributed by atoms with E-state index < -0.39 is 40.2 Å². The molecule has 0 aliphatic carbocycles. The summed E-state index contributed by atoms with van der Waals surface area (Å²) in [6, 6.07) is 2.45. The summed E-state index contributed by atoms with van der Waals surface area (Å²) >= 11 is 0. The third-order valence-electron chi connectivity index (χ3n) is 5.69. The molecule has 1 aromatic carbocycles. The summed E-state index contributed by atoms with van der Waals surface area (Å²) in [7, 11) is 3.09. The average molecular weight is 464 g/mol. The van der Waals surface area contributed by atoms with Crippen molar-refractivity contribution in [2.24, 2.45) is 0 Å². The Hall–Kier alpha value is -3.47. The first-order valence-electron chi connectivity index (χ1n) is 10.4. The highest BCUT2D eigenvalue weighted by atomic mass is 19.1. The van der Waals surface area contributed by atoms with Crippen molar-refractivity contribution >= 4 is 11.8 Å². The molecule has 0 saturated carbocycles. The Kier molecular flexibility index (Phi) is 7.32. The van der Waals surface area contributed by atoms with E-state index >= 15 is 0 Å². The molecule has 3 rings (SSSR count). The normalized spacial score (nSPS) is 18.6. The topological polar surface area (TPSA) is 113 Å². The Morgan fingerprint density at radius 1 is 1.30 bits per heavy atom. The van der Waals surface area contributed by atoms with Crippen molar-refractivity contribution in [3.8, 4) is 5.75 Å². The van der Waals surface area contributed by atoms with Gasteiger partial charge < -0.3 is 25.5 Å². The summed E-state index contributed by atoms with van der Waals surface area (Å²) in [4.78, 5) is 39.9. The minimum Gasteiger partial charge on any atom is -0.502 e. The number of hydrogen-bond acceptors (Lipinski definition) is 6. The first kappa shape index (κ1) is 24.2. The molecule has 178 valence electrons. The van der Waals surface area contributed by atoms with Crippen LogP contribution in [-0.2, 0) is 11.3 Å². The van der Waals surface area contributed by atoms with Gasteiger partial charge in [0, 0.05) is 44.6 Å². The van der Waals surface area contributed by atoms with Crippen molar-refractivity contribution in [2.45, 2.75) is 38.4 Å². The predicted molar refractivity (Wildman–Crippen MR) is 116 cm³/mol. The average Bonchev–Trinajstić information content (AvgIpc) is 2.81. The number of amides is 2. The summed E-state index contributed by atoms with van der Waals surface area (Å²) in [6.45, 7) is 1.82. The summed E-state index contributed by atoms with van der Waals surface area (Å²) in [6.07, 6.45) is 2.38. The molecule has 0 radical (unpaired) electrons. The molecular weight excluding hydrogens is 438 g/mol. The van der Waals surface area contributed by atoms with Gasteiger partial charge in [0.25, 0.3) is 11.8 Å². The lowest BCUT2D eigenvalue weighted by atomic mass is 10.1. The van der Waals surface area contributed by atoms with Crippen LogP contribution in [0.5, 0.6) is 5.75 Å². The van der Waals surface area contributed by atoms with Crippen LogP contribution in [0.15, 0.2) is 29.2 Å². The number of methoxy groups -OCH3 is 1. The molecule has 11 heteroatoms. The van der Waals surface area contributed by atoms with E-state index in [0.29, 0.717) is 18.9 Å². The zero-order valence-electron chi connectivity index (χ0n) is 18.5. The van der Waals surface area contributed by atoms with Gasteiger partial charge in [-0.15, -0.1) is 0 Å². The predicted octanol–water partition coefficient (Wildman–Crippen LogP) is 1.57. The number of carbonyl (C=O) groups is 2. The molecule has 1 aliphatic heterocycles. The van der Waals surface area contributed by atoms with Gasteiger partial charge in [-0.05, 0) is 25.8 Å². The molecule has 2 atom stereocenters. The van der Waals surface area contributed by atoms with Gasteiger partial charge in [0.2, 0.25) is 5.43 Å². The Morgan fingerprint density at radius 3 is 2.70 bits per heavy atom. The molecule has 0 unspecified atom stereocenters. The number of nitrogens with one attached hydrogen (secondary N) is 2. The van der Waals surface area contributed by atoms with Gasteiger partial charge in [0.05, 0.1) is 12.6 Å². The fourth-order valence-electron chi connectivity index (χ4n) is 3.59. The standard InChI is InChI=1S/C22H26F2N4O5/c1-12-4-7-15(11-33-3)26-28-10-16(19(29)20(30)18(28)22(32)27(12)2)21(31)25-9-13-5-6-14(23)8-17(13)24/h5-6,8,10,12,15,26,30H,4,7,9,11H2,1-3H3,(H,25,31)/t12-,15-/m0/s1. The second-order valence-electron chi connectivity index (χ2n) is 7.98. The third kappa shape index (κ3) is 5.14. The maximum atomic E-state index is 13.9. The molecule has 9 nitrogen and oxygen atoms in total. The quantitative estimate of drug-likeness (QED) is 0.619. The number of aromatic hydroxyl groups is 1. The van der Waals surface area contributed by atoms with E-state index in [0.717, 1.165) is 16.9 Å². The summed E-state index contributed by atoms with van der Waals surface area (Å²) in [5.74, 6) is -3.98. The van der Waals surface area contributed by atoms with Crippen LogP contribution in [-0.4, -0.2) is 59.3 Å². The molecule has 1 aromatic heterocycles. The van der Waals surface area contributed by atoms with Gasteiger partial charge >= 0.3 is 0 Å². The second-order valence-corrected chi connectivity index (χ2v) is 7.98. The number of benzene rings is 1. The van der Waals surface area contributed by atoms with Gasteiger partial charge in [0.15, 0.2) is 11.4 Å². The zero-order valence-corrected chi connectivity index (χ0v) is 18.5. The number of aromatic nitrogens is 1.